The van der Waals surface area contributed by atoms with Gasteiger partial charge >= 0.3 is 6.18 Å². The highest BCUT2D eigenvalue weighted by Gasteiger charge is 2.29. The third kappa shape index (κ3) is 7.38. The molecule has 0 unspecified atom stereocenters. The van der Waals surface area contributed by atoms with E-state index in [2.05, 4.69) is 15.6 Å². The SMILES string of the molecule is CN=C(NCCNC(=O)Cc1cccc(F)c1)N(C)Cc1ccc(C(F)(F)F)cc1. The Morgan fingerprint density at radius 1 is 1.03 bits per heavy atom. The van der Waals surface area contributed by atoms with Crippen LogP contribution in [0.2, 0.25) is 0 Å². The minimum absolute atomic E-state index is 0.0836. The molecule has 0 spiro atoms. The van der Waals surface area contributed by atoms with Gasteiger partial charge in [0.1, 0.15) is 5.82 Å². The zero-order chi connectivity index (χ0) is 22.1. The predicted octanol–water partition coefficient (Wildman–Crippen LogP) is 3.21. The molecule has 0 saturated heterocycles. The van der Waals surface area contributed by atoms with Crippen molar-refractivity contribution >= 4 is 11.9 Å². The Morgan fingerprint density at radius 3 is 2.30 bits per heavy atom. The van der Waals surface area contributed by atoms with Gasteiger partial charge in [-0.25, -0.2) is 4.39 Å². The number of hydrogen-bond acceptors (Lipinski definition) is 2. The molecule has 162 valence electrons. The average molecular weight is 424 g/mol. The van der Waals surface area contributed by atoms with Crippen LogP contribution in [0.3, 0.4) is 0 Å². The molecule has 0 fully saturated rings. The summed E-state index contributed by atoms with van der Waals surface area (Å²) < 4.78 is 51.1. The number of halogens is 4. The van der Waals surface area contributed by atoms with Gasteiger partial charge < -0.3 is 15.5 Å². The molecular formula is C21H24F4N4O. The smallest absolute Gasteiger partial charge is 0.354 e. The van der Waals surface area contributed by atoms with Crippen LogP contribution in [0.25, 0.3) is 0 Å². The van der Waals surface area contributed by atoms with E-state index in [1.807, 2.05) is 0 Å². The van der Waals surface area contributed by atoms with Gasteiger partial charge in [0.2, 0.25) is 5.91 Å². The Bertz CT molecular complexity index is 866. The highest BCUT2D eigenvalue weighted by molar-refractivity contribution is 5.80. The lowest BCUT2D eigenvalue weighted by Gasteiger charge is -2.22. The summed E-state index contributed by atoms with van der Waals surface area (Å²) in [4.78, 5) is 17.8. The molecule has 2 rings (SSSR count). The van der Waals surface area contributed by atoms with Gasteiger partial charge in [-0.2, -0.15) is 13.2 Å². The first kappa shape index (κ1) is 23.2. The quantitative estimate of drug-likeness (QED) is 0.311. The molecule has 0 saturated carbocycles. The van der Waals surface area contributed by atoms with E-state index >= 15 is 0 Å². The van der Waals surface area contributed by atoms with Crippen LogP contribution in [0, 0.1) is 5.82 Å². The molecule has 0 heterocycles. The van der Waals surface area contributed by atoms with Crippen molar-refractivity contribution in [2.45, 2.75) is 19.1 Å². The Kier molecular flexibility index (Phi) is 8.20. The van der Waals surface area contributed by atoms with Crippen LogP contribution in [0.4, 0.5) is 17.6 Å². The maximum Gasteiger partial charge on any atom is 0.416 e. The maximum atomic E-state index is 13.1. The van der Waals surface area contributed by atoms with Crippen LogP contribution in [-0.2, 0) is 23.9 Å². The van der Waals surface area contributed by atoms with E-state index < -0.39 is 11.7 Å². The van der Waals surface area contributed by atoms with Crippen LogP contribution >= 0.6 is 0 Å². The van der Waals surface area contributed by atoms with Gasteiger partial charge in [0, 0.05) is 33.7 Å². The summed E-state index contributed by atoms with van der Waals surface area (Å²) in [5, 5.41) is 5.81. The summed E-state index contributed by atoms with van der Waals surface area (Å²) in [6, 6.07) is 10.8. The fraction of sp³-hybridized carbons (Fsp3) is 0.333. The number of carbonyl (C=O) groups excluding carboxylic acids is 1. The summed E-state index contributed by atoms with van der Waals surface area (Å²) >= 11 is 0. The molecule has 0 aromatic heterocycles. The van der Waals surface area contributed by atoms with Gasteiger partial charge in [-0.15, -0.1) is 0 Å². The number of nitrogens with zero attached hydrogens (tertiary/aromatic N) is 2. The second-order valence-electron chi connectivity index (χ2n) is 6.68. The molecule has 0 aliphatic carbocycles. The third-order valence-electron chi connectivity index (χ3n) is 4.26. The number of amides is 1. The first-order valence-corrected chi connectivity index (χ1v) is 9.28. The Morgan fingerprint density at radius 2 is 1.70 bits per heavy atom. The minimum Gasteiger partial charge on any atom is -0.354 e. The predicted molar refractivity (Wildman–Crippen MR) is 107 cm³/mol. The number of hydrogen-bond donors (Lipinski definition) is 2. The van der Waals surface area contributed by atoms with Crippen molar-refractivity contribution in [3.8, 4) is 0 Å². The molecule has 0 aliphatic heterocycles. The van der Waals surface area contributed by atoms with Crippen molar-refractivity contribution in [2.75, 3.05) is 27.2 Å². The van der Waals surface area contributed by atoms with E-state index in [1.165, 1.54) is 24.3 Å². The highest BCUT2D eigenvalue weighted by Crippen LogP contribution is 2.29. The van der Waals surface area contributed by atoms with Crippen LogP contribution in [0.15, 0.2) is 53.5 Å². The summed E-state index contributed by atoms with van der Waals surface area (Å²) in [5.74, 6) is -0.0772. The second kappa shape index (κ2) is 10.6. The molecule has 30 heavy (non-hydrogen) atoms. The van der Waals surface area contributed by atoms with Gasteiger partial charge in [0.05, 0.1) is 12.0 Å². The lowest BCUT2D eigenvalue weighted by Crippen LogP contribution is -2.42. The summed E-state index contributed by atoms with van der Waals surface area (Å²) in [6.07, 6.45) is -4.28. The van der Waals surface area contributed by atoms with Crippen molar-refractivity contribution in [2.24, 2.45) is 4.99 Å². The van der Waals surface area contributed by atoms with E-state index in [9.17, 15) is 22.4 Å². The number of nitrogens with one attached hydrogen (secondary N) is 2. The van der Waals surface area contributed by atoms with Crippen molar-refractivity contribution in [1.82, 2.24) is 15.5 Å². The van der Waals surface area contributed by atoms with Crippen molar-refractivity contribution in [1.29, 1.82) is 0 Å². The zero-order valence-electron chi connectivity index (χ0n) is 16.8. The third-order valence-corrected chi connectivity index (χ3v) is 4.26. The fourth-order valence-electron chi connectivity index (χ4n) is 2.80. The van der Waals surface area contributed by atoms with E-state index in [4.69, 9.17) is 0 Å². The normalized spacial score (nSPS) is 11.9. The molecule has 0 atom stereocenters. The lowest BCUT2D eigenvalue weighted by atomic mass is 10.1. The molecule has 1 amide bonds. The zero-order valence-corrected chi connectivity index (χ0v) is 16.8. The number of guanidine groups is 1. The van der Waals surface area contributed by atoms with Crippen molar-refractivity contribution in [3.05, 3.63) is 71.0 Å². The molecule has 9 heteroatoms. The molecule has 0 bridgehead atoms. The van der Waals surface area contributed by atoms with Gasteiger partial charge in [0.25, 0.3) is 0 Å². The van der Waals surface area contributed by atoms with Crippen LogP contribution in [0.1, 0.15) is 16.7 Å². The lowest BCUT2D eigenvalue weighted by molar-refractivity contribution is -0.137. The highest BCUT2D eigenvalue weighted by atomic mass is 19.4. The minimum atomic E-state index is -4.36. The number of carbonyl (C=O) groups is 1. The van der Waals surface area contributed by atoms with Gasteiger partial charge in [-0.3, -0.25) is 9.79 Å². The first-order valence-electron chi connectivity index (χ1n) is 9.28. The van der Waals surface area contributed by atoms with Gasteiger partial charge in [-0.1, -0.05) is 24.3 Å². The van der Waals surface area contributed by atoms with E-state index in [0.29, 0.717) is 36.7 Å². The van der Waals surface area contributed by atoms with E-state index in [-0.39, 0.29) is 18.1 Å². The Labute approximate surface area is 172 Å². The monoisotopic (exact) mass is 424 g/mol. The standard InChI is InChI=1S/C21H24F4N4O/c1-26-20(29(2)14-15-6-8-17(9-7-15)21(23,24)25)28-11-10-27-19(30)13-16-4-3-5-18(22)12-16/h3-9,12H,10-11,13-14H2,1-2H3,(H,26,28)(H,27,30). The number of rotatable bonds is 7. The summed E-state index contributed by atoms with van der Waals surface area (Å²) in [7, 11) is 3.35. The maximum absolute atomic E-state index is 13.1. The number of aliphatic imine (C=N–C) groups is 1. The summed E-state index contributed by atoms with van der Waals surface area (Å²) in [6.45, 7) is 1.10. The van der Waals surface area contributed by atoms with Gasteiger partial charge in [0.15, 0.2) is 5.96 Å². The number of benzene rings is 2. The molecular weight excluding hydrogens is 400 g/mol. The van der Waals surface area contributed by atoms with Gasteiger partial charge in [-0.05, 0) is 35.4 Å². The largest absolute Gasteiger partial charge is 0.416 e. The first-order chi connectivity index (χ1) is 14.2. The topological polar surface area (TPSA) is 56.7 Å². The molecule has 2 aromatic carbocycles. The molecule has 0 aliphatic rings. The number of alkyl halides is 3. The summed E-state index contributed by atoms with van der Waals surface area (Å²) in [5.41, 5.74) is 0.606. The van der Waals surface area contributed by atoms with Crippen LogP contribution < -0.4 is 10.6 Å². The second-order valence-corrected chi connectivity index (χ2v) is 6.68. The van der Waals surface area contributed by atoms with E-state index in [1.54, 1.807) is 31.1 Å². The van der Waals surface area contributed by atoms with Crippen LogP contribution in [-0.4, -0.2) is 44.0 Å². The molecule has 2 aromatic rings. The molecule has 0 radical (unpaired) electrons. The van der Waals surface area contributed by atoms with Crippen LogP contribution in [0.5, 0.6) is 0 Å². The van der Waals surface area contributed by atoms with E-state index in [0.717, 1.165) is 12.1 Å². The average Bonchev–Trinajstić information content (AvgIpc) is 2.67. The Balaban J connectivity index is 1.76. The fourth-order valence-corrected chi connectivity index (χ4v) is 2.80. The van der Waals surface area contributed by atoms with Crippen molar-refractivity contribution < 1.29 is 22.4 Å². The molecule has 5 nitrogen and oxygen atoms in total. The molecule has 2 N–H and O–H groups in total. The van der Waals surface area contributed by atoms with Crippen molar-refractivity contribution in [3.63, 3.8) is 0 Å². The Hall–Kier alpha value is -3.10.